The Morgan fingerprint density at radius 1 is 1.21 bits per heavy atom. The van der Waals surface area contributed by atoms with Crippen molar-refractivity contribution < 1.29 is 14.7 Å². The first kappa shape index (κ1) is 23.5. The predicted molar refractivity (Wildman–Crippen MR) is 132 cm³/mol. The number of carboxylic acids is 1. The maximum atomic E-state index is 13.3. The molecule has 2 atom stereocenters. The number of carbonyl (C=O) groups excluding carboxylic acids is 1. The van der Waals surface area contributed by atoms with Crippen LogP contribution in [0.25, 0.3) is 10.9 Å². The van der Waals surface area contributed by atoms with Gasteiger partial charge >= 0.3 is 5.97 Å². The molecule has 0 radical (unpaired) electrons. The summed E-state index contributed by atoms with van der Waals surface area (Å²) in [5.74, 6) is -1.57. The van der Waals surface area contributed by atoms with Crippen molar-refractivity contribution in [2.75, 3.05) is 18.8 Å². The van der Waals surface area contributed by atoms with Gasteiger partial charge in [-0.3, -0.25) is 9.59 Å². The number of nitrogens with two attached hydrogens (primary N) is 1. The van der Waals surface area contributed by atoms with Crippen LogP contribution in [0.4, 0.5) is 5.69 Å². The molecule has 0 saturated carbocycles. The number of aromatic nitrogens is 1. The summed E-state index contributed by atoms with van der Waals surface area (Å²) in [6.07, 6.45) is 0.888. The second-order valence-electron chi connectivity index (χ2n) is 8.99. The summed E-state index contributed by atoms with van der Waals surface area (Å²) in [5, 5.41) is 11.3. The number of carbonyl (C=O) groups is 2. The molecule has 2 aromatic carbocycles. The highest BCUT2D eigenvalue weighted by Crippen LogP contribution is 2.34. The minimum atomic E-state index is -0.812. The molecule has 1 amide bonds. The number of aryl methyl sites for hydroxylation is 2. The van der Waals surface area contributed by atoms with Gasteiger partial charge in [0.15, 0.2) is 0 Å². The van der Waals surface area contributed by atoms with E-state index in [0.29, 0.717) is 52.8 Å². The lowest BCUT2D eigenvalue weighted by Crippen LogP contribution is -2.45. The Hall–Kier alpha value is -2.70. The van der Waals surface area contributed by atoms with Gasteiger partial charge < -0.3 is 20.3 Å². The fourth-order valence-corrected chi connectivity index (χ4v) is 5.42. The highest BCUT2D eigenvalue weighted by molar-refractivity contribution is 6.38. The fraction of sp³-hybridized carbons (Fsp3) is 0.360. The highest BCUT2D eigenvalue weighted by atomic mass is 35.5. The van der Waals surface area contributed by atoms with Crippen LogP contribution in [0.3, 0.4) is 0 Å². The summed E-state index contributed by atoms with van der Waals surface area (Å²) in [5.41, 5.74) is 10.9. The van der Waals surface area contributed by atoms with Crippen LogP contribution in [0.1, 0.15) is 40.5 Å². The standard InChI is InChI=1S/C25H27Cl2N3O3/c1-13-8-15(28)9-22-19(13)10-16(29(22)3)11-20-21(26)5-4-18(23(20)27)24(31)30-7-6-17(25(32)33)14(2)12-30/h4-5,8-10,14,17H,6-7,11-12,28H2,1-3H3,(H,32,33). The molecule has 0 bridgehead atoms. The van der Waals surface area contributed by atoms with Gasteiger partial charge in [-0.15, -0.1) is 0 Å². The smallest absolute Gasteiger partial charge is 0.306 e. The Morgan fingerprint density at radius 2 is 1.94 bits per heavy atom. The second kappa shape index (κ2) is 8.92. The van der Waals surface area contributed by atoms with Crippen molar-refractivity contribution in [1.82, 2.24) is 9.47 Å². The first-order valence-corrected chi connectivity index (χ1v) is 11.7. The number of amides is 1. The van der Waals surface area contributed by atoms with Gasteiger partial charge in [-0.05, 0) is 60.7 Å². The summed E-state index contributed by atoms with van der Waals surface area (Å²) in [6, 6.07) is 9.34. The normalized spacial score (nSPS) is 18.6. The minimum Gasteiger partial charge on any atom is -0.481 e. The van der Waals surface area contributed by atoms with E-state index in [-0.39, 0.29) is 11.8 Å². The third-order valence-electron chi connectivity index (χ3n) is 6.77. The first-order chi connectivity index (χ1) is 15.6. The van der Waals surface area contributed by atoms with Crippen LogP contribution in [-0.4, -0.2) is 39.5 Å². The lowest BCUT2D eigenvalue weighted by atomic mass is 9.86. The maximum Gasteiger partial charge on any atom is 0.306 e. The van der Waals surface area contributed by atoms with Crippen molar-refractivity contribution >= 4 is 51.7 Å². The number of likely N-dealkylation sites (tertiary alicyclic amines) is 1. The molecule has 3 N–H and O–H groups in total. The maximum absolute atomic E-state index is 13.3. The first-order valence-electron chi connectivity index (χ1n) is 10.9. The van der Waals surface area contributed by atoms with Crippen molar-refractivity contribution in [3.8, 4) is 0 Å². The number of carboxylic acid groups (broad SMARTS) is 1. The molecular formula is C25H27Cl2N3O3. The predicted octanol–water partition coefficient (Wildman–Crippen LogP) is 5.15. The lowest BCUT2D eigenvalue weighted by Gasteiger charge is -2.35. The fourth-order valence-electron chi connectivity index (χ4n) is 4.83. The van der Waals surface area contributed by atoms with Gasteiger partial charge in [0.25, 0.3) is 5.91 Å². The van der Waals surface area contributed by atoms with E-state index in [0.717, 1.165) is 22.2 Å². The number of benzene rings is 2. The number of piperidine rings is 1. The van der Waals surface area contributed by atoms with Crippen molar-refractivity contribution in [2.24, 2.45) is 18.9 Å². The van der Waals surface area contributed by atoms with E-state index in [9.17, 15) is 14.7 Å². The number of fused-ring (bicyclic) bond motifs is 1. The molecule has 8 heteroatoms. The van der Waals surface area contributed by atoms with E-state index in [1.54, 1.807) is 17.0 Å². The Morgan fingerprint density at radius 3 is 2.61 bits per heavy atom. The van der Waals surface area contributed by atoms with Gasteiger partial charge in [-0.25, -0.2) is 0 Å². The average molecular weight is 488 g/mol. The van der Waals surface area contributed by atoms with E-state index in [1.807, 2.05) is 33.0 Å². The van der Waals surface area contributed by atoms with Crippen molar-refractivity contribution in [3.63, 3.8) is 0 Å². The van der Waals surface area contributed by atoms with Crippen molar-refractivity contribution in [2.45, 2.75) is 26.7 Å². The number of anilines is 1. The van der Waals surface area contributed by atoms with E-state index < -0.39 is 11.9 Å². The van der Waals surface area contributed by atoms with E-state index in [2.05, 4.69) is 10.6 Å². The molecular weight excluding hydrogens is 461 g/mol. The summed E-state index contributed by atoms with van der Waals surface area (Å²) in [7, 11) is 1.97. The Labute approximate surface area is 202 Å². The minimum absolute atomic E-state index is 0.128. The van der Waals surface area contributed by atoms with Crippen molar-refractivity contribution in [3.05, 3.63) is 62.8 Å². The highest BCUT2D eigenvalue weighted by Gasteiger charge is 2.34. The summed E-state index contributed by atoms with van der Waals surface area (Å²) < 4.78 is 2.07. The molecule has 4 rings (SSSR count). The number of nitrogens with zero attached hydrogens (tertiary/aromatic N) is 2. The molecule has 2 unspecified atom stereocenters. The number of rotatable bonds is 4. The number of halogens is 2. The third kappa shape index (κ3) is 4.30. The Balaban J connectivity index is 1.65. The second-order valence-corrected chi connectivity index (χ2v) is 9.78. The molecule has 0 aliphatic carbocycles. The van der Waals surface area contributed by atoms with Crippen LogP contribution in [-0.2, 0) is 18.3 Å². The van der Waals surface area contributed by atoms with Gasteiger partial charge in [-0.1, -0.05) is 30.1 Å². The molecule has 174 valence electrons. The number of aliphatic carboxylic acids is 1. The molecule has 1 aliphatic rings. The Kier molecular flexibility index (Phi) is 6.34. The van der Waals surface area contributed by atoms with Gasteiger partial charge in [0.2, 0.25) is 0 Å². The zero-order valence-corrected chi connectivity index (χ0v) is 20.4. The molecule has 3 aromatic rings. The molecule has 33 heavy (non-hydrogen) atoms. The van der Waals surface area contributed by atoms with Crippen LogP contribution in [0.2, 0.25) is 10.0 Å². The van der Waals surface area contributed by atoms with Gasteiger partial charge in [0, 0.05) is 48.3 Å². The van der Waals surface area contributed by atoms with E-state index >= 15 is 0 Å². The molecule has 1 aromatic heterocycles. The molecule has 1 fully saturated rings. The third-order valence-corrected chi connectivity index (χ3v) is 7.56. The Bertz CT molecular complexity index is 1270. The zero-order valence-electron chi connectivity index (χ0n) is 18.9. The number of hydrogen-bond acceptors (Lipinski definition) is 3. The summed E-state index contributed by atoms with van der Waals surface area (Å²) in [4.78, 5) is 26.4. The van der Waals surface area contributed by atoms with Crippen LogP contribution in [0.5, 0.6) is 0 Å². The monoisotopic (exact) mass is 487 g/mol. The largest absolute Gasteiger partial charge is 0.481 e. The van der Waals surface area contributed by atoms with Gasteiger partial charge in [0.1, 0.15) is 0 Å². The molecule has 1 aliphatic heterocycles. The molecule has 6 nitrogen and oxygen atoms in total. The van der Waals surface area contributed by atoms with Crippen LogP contribution in [0, 0.1) is 18.8 Å². The summed E-state index contributed by atoms with van der Waals surface area (Å²) in [6.45, 7) is 4.66. The van der Waals surface area contributed by atoms with Crippen LogP contribution < -0.4 is 5.73 Å². The SMILES string of the molecule is Cc1cc(N)cc2c1cc(Cc1c(Cl)ccc(C(=O)N3CCC(C(=O)O)C(C)C3)c1Cl)n2C. The van der Waals surface area contributed by atoms with Gasteiger partial charge in [-0.2, -0.15) is 0 Å². The average Bonchev–Trinajstić information content (AvgIpc) is 3.06. The quantitative estimate of drug-likeness (QED) is 0.498. The number of nitrogen functional groups attached to an aromatic ring is 1. The summed E-state index contributed by atoms with van der Waals surface area (Å²) >= 11 is 13.3. The van der Waals surface area contributed by atoms with E-state index in [4.69, 9.17) is 28.9 Å². The van der Waals surface area contributed by atoms with Crippen LogP contribution in [0.15, 0.2) is 30.3 Å². The number of hydrogen-bond donors (Lipinski definition) is 2. The molecule has 2 heterocycles. The topological polar surface area (TPSA) is 88.6 Å². The lowest BCUT2D eigenvalue weighted by molar-refractivity contribution is -0.145. The molecule has 0 spiro atoms. The van der Waals surface area contributed by atoms with Gasteiger partial charge in [0.05, 0.1) is 22.0 Å². The van der Waals surface area contributed by atoms with Crippen LogP contribution >= 0.6 is 23.2 Å². The van der Waals surface area contributed by atoms with Crippen molar-refractivity contribution in [1.29, 1.82) is 0 Å². The zero-order chi connectivity index (χ0) is 24.0. The molecule has 1 saturated heterocycles. The van der Waals surface area contributed by atoms with E-state index in [1.165, 1.54) is 0 Å².